The number of Topliss-reactive ketones (excluding diaryl/α,β-unsaturated/α-hetero) is 1. The number of carbonyl (C=O) groups is 1. The van der Waals surface area contributed by atoms with E-state index in [1.165, 1.54) is 0 Å². The molecule has 0 amide bonds. The first-order valence-corrected chi connectivity index (χ1v) is 6.18. The molecule has 0 aromatic carbocycles. The molecule has 2 N–H and O–H groups in total. The van der Waals surface area contributed by atoms with Gasteiger partial charge in [-0.3, -0.25) is 9.88 Å². The predicted octanol–water partition coefficient (Wildman–Crippen LogP) is 1.90. The van der Waals surface area contributed by atoms with Crippen molar-refractivity contribution in [2.24, 2.45) is 5.41 Å². The van der Waals surface area contributed by atoms with E-state index in [-0.39, 0.29) is 17.2 Å². The molecule has 2 atom stereocenters. The summed E-state index contributed by atoms with van der Waals surface area (Å²) >= 11 is 0. The Balaban J connectivity index is 3.97. The number of ketones is 1. The summed E-state index contributed by atoms with van der Waals surface area (Å²) in [6, 6.07) is -0.236. The second-order valence-electron chi connectivity index (χ2n) is 4.58. The van der Waals surface area contributed by atoms with Crippen LogP contribution in [0.2, 0.25) is 0 Å². The fraction of sp³-hybridized carbons (Fsp3) is 0.889. The van der Waals surface area contributed by atoms with Gasteiger partial charge in [0, 0.05) is 6.42 Å². The maximum atomic E-state index is 11.5. The largest absolute Gasteiger partial charge is 0.359 e. The molecule has 0 aliphatic heterocycles. The van der Waals surface area contributed by atoms with Gasteiger partial charge in [0.05, 0.1) is 14.3 Å². The third-order valence-corrected chi connectivity index (χ3v) is 2.33. The van der Waals surface area contributed by atoms with Gasteiger partial charge in [-0.05, 0) is 19.0 Å². The van der Waals surface area contributed by atoms with Crippen LogP contribution in [-0.4, -0.2) is 23.4 Å². The molecule has 78 valence electrons. The van der Waals surface area contributed by atoms with Crippen molar-refractivity contribution in [2.45, 2.75) is 40.2 Å². The van der Waals surface area contributed by atoms with Crippen molar-refractivity contribution in [1.82, 2.24) is 5.09 Å². The monoisotopic (exact) mass is 205 g/mol. The molecular formula is C9H20NO2P. The SMILES string of the molecule is CC(NP(C)O)C(=O)CC(C)(C)C. The zero-order valence-electron chi connectivity index (χ0n) is 9.09. The molecule has 0 heterocycles. The van der Waals surface area contributed by atoms with Gasteiger partial charge in [-0.25, -0.2) is 0 Å². The van der Waals surface area contributed by atoms with Gasteiger partial charge < -0.3 is 4.89 Å². The summed E-state index contributed by atoms with van der Waals surface area (Å²) in [5.41, 5.74) is 0.0268. The van der Waals surface area contributed by atoms with Crippen LogP contribution < -0.4 is 5.09 Å². The molecule has 4 heteroatoms. The van der Waals surface area contributed by atoms with Gasteiger partial charge in [-0.2, -0.15) is 0 Å². The molecular weight excluding hydrogens is 185 g/mol. The lowest BCUT2D eigenvalue weighted by Crippen LogP contribution is -2.32. The van der Waals surface area contributed by atoms with Gasteiger partial charge in [-0.1, -0.05) is 20.8 Å². The van der Waals surface area contributed by atoms with Crippen molar-refractivity contribution < 1.29 is 9.69 Å². The molecule has 0 radical (unpaired) electrons. The minimum absolute atomic E-state index is 0.0268. The zero-order valence-corrected chi connectivity index (χ0v) is 9.98. The predicted molar refractivity (Wildman–Crippen MR) is 56.7 cm³/mol. The highest BCUT2D eigenvalue weighted by Crippen LogP contribution is 2.22. The van der Waals surface area contributed by atoms with Crippen LogP contribution in [0.3, 0.4) is 0 Å². The maximum Gasteiger partial charge on any atom is 0.150 e. The Hall–Kier alpha value is 0.0200. The number of hydrogen-bond acceptors (Lipinski definition) is 3. The summed E-state index contributed by atoms with van der Waals surface area (Å²) in [7, 11) is -1.18. The van der Waals surface area contributed by atoms with Crippen LogP contribution in [-0.2, 0) is 4.79 Å². The summed E-state index contributed by atoms with van der Waals surface area (Å²) in [5.74, 6) is 0.163. The van der Waals surface area contributed by atoms with Crippen LogP contribution in [0.15, 0.2) is 0 Å². The van der Waals surface area contributed by atoms with Crippen molar-refractivity contribution in [3.8, 4) is 0 Å². The van der Waals surface area contributed by atoms with E-state index in [9.17, 15) is 4.79 Å². The lowest BCUT2D eigenvalue weighted by atomic mass is 9.88. The van der Waals surface area contributed by atoms with E-state index in [0.717, 1.165) is 0 Å². The van der Waals surface area contributed by atoms with Crippen LogP contribution in [0.5, 0.6) is 0 Å². The smallest absolute Gasteiger partial charge is 0.150 e. The number of rotatable bonds is 4. The van der Waals surface area contributed by atoms with Crippen molar-refractivity contribution in [1.29, 1.82) is 0 Å². The highest BCUT2D eigenvalue weighted by molar-refractivity contribution is 7.48. The molecule has 0 bridgehead atoms. The van der Waals surface area contributed by atoms with Gasteiger partial charge in [-0.15, -0.1) is 0 Å². The van der Waals surface area contributed by atoms with Gasteiger partial charge >= 0.3 is 0 Å². The first-order valence-electron chi connectivity index (χ1n) is 4.44. The lowest BCUT2D eigenvalue weighted by Gasteiger charge is -2.21. The lowest BCUT2D eigenvalue weighted by molar-refractivity contribution is -0.122. The number of carbonyl (C=O) groups excluding carboxylic acids is 1. The van der Waals surface area contributed by atoms with Crippen molar-refractivity contribution in [2.75, 3.05) is 6.66 Å². The highest BCUT2D eigenvalue weighted by atomic mass is 31.2. The van der Waals surface area contributed by atoms with E-state index < -0.39 is 8.30 Å². The average molecular weight is 205 g/mol. The van der Waals surface area contributed by atoms with Crippen molar-refractivity contribution >= 4 is 14.1 Å². The Bertz CT molecular complexity index is 175. The van der Waals surface area contributed by atoms with Crippen LogP contribution in [0.25, 0.3) is 0 Å². The molecule has 0 rings (SSSR count). The fourth-order valence-corrected chi connectivity index (χ4v) is 1.73. The summed E-state index contributed by atoms with van der Waals surface area (Å²) in [5, 5.41) is 2.84. The highest BCUT2D eigenvalue weighted by Gasteiger charge is 2.21. The quantitative estimate of drug-likeness (QED) is 0.689. The topological polar surface area (TPSA) is 49.3 Å². The van der Waals surface area contributed by atoms with Crippen LogP contribution in [0.4, 0.5) is 0 Å². The summed E-state index contributed by atoms with van der Waals surface area (Å²) in [4.78, 5) is 20.6. The molecule has 0 spiro atoms. The molecule has 0 saturated heterocycles. The van der Waals surface area contributed by atoms with Crippen LogP contribution in [0, 0.1) is 5.41 Å². The summed E-state index contributed by atoms with van der Waals surface area (Å²) < 4.78 is 0. The van der Waals surface area contributed by atoms with E-state index in [2.05, 4.69) is 5.09 Å². The maximum absolute atomic E-state index is 11.5. The van der Waals surface area contributed by atoms with E-state index in [1.54, 1.807) is 13.6 Å². The number of hydrogen-bond donors (Lipinski definition) is 2. The third-order valence-electron chi connectivity index (χ3n) is 1.57. The molecule has 2 unspecified atom stereocenters. The van der Waals surface area contributed by atoms with Crippen LogP contribution >= 0.6 is 8.30 Å². The van der Waals surface area contributed by atoms with Gasteiger partial charge in [0.15, 0.2) is 0 Å². The van der Waals surface area contributed by atoms with E-state index in [0.29, 0.717) is 6.42 Å². The Morgan fingerprint density at radius 2 is 2.00 bits per heavy atom. The van der Waals surface area contributed by atoms with Gasteiger partial charge in [0.2, 0.25) is 0 Å². The molecule has 0 aliphatic rings. The van der Waals surface area contributed by atoms with Crippen LogP contribution in [0.1, 0.15) is 34.1 Å². The van der Waals surface area contributed by atoms with E-state index in [1.807, 2.05) is 20.8 Å². The Morgan fingerprint density at radius 1 is 1.54 bits per heavy atom. The second kappa shape index (κ2) is 5.04. The first-order chi connectivity index (χ1) is 5.72. The fourth-order valence-electron chi connectivity index (χ4n) is 1.03. The Labute approximate surface area is 81.8 Å². The van der Waals surface area contributed by atoms with Crippen molar-refractivity contribution in [3.05, 3.63) is 0 Å². The average Bonchev–Trinajstić information content (AvgIpc) is 1.81. The molecule has 3 nitrogen and oxygen atoms in total. The minimum Gasteiger partial charge on any atom is -0.359 e. The van der Waals surface area contributed by atoms with Gasteiger partial charge in [0.25, 0.3) is 0 Å². The van der Waals surface area contributed by atoms with Crippen molar-refractivity contribution in [3.63, 3.8) is 0 Å². The molecule has 0 aromatic rings. The zero-order chi connectivity index (χ0) is 10.6. The Kier molecular flexibility index (Phi) is 5.05. The molecule has 0 saturated carbocycles. The second-order valence-corrected chi connectivity index (χ2v) is 5.88. The van der Waals surface area contributed by atoms with E-state index in [4.69, 9.17) is 4.89 Å². The van der Waals surface area contributed by atoms with E-state index >= 15 is 0 Å². The molecule has 13 heavy (non-hydrogen) atoms. The standard InChI is InChI=1S/C9H20NO2P/c1-7(10-13(5)12)8(11)6-9(2,3)4/h7,10,12H,6H2,1-5H3. The summed E-state index contributed by atoms with van der Waals surface area (Å²) in [6.07, 6.45) is 0.546. The molecule has 0 fully saturated rings. The third kappa shape index (κ3) is 7.12. The summed E-state index contributed by atoms with van der Waals surface area (Å²) in [6.45, 7) is 9.57. The Morgan fingerprint density at radius 3 is 2.31 bits per heavy atom. The minimum atomic E-state index is -1.18. The normalized spacial score (nSPS) is 16.8. The molecule has 0 aliphatic carbocycles. The first kappa shape index (κ1) is 13.0. The molecule has 0 aromatic heterocycles. The van der Waals surface area contributed by atoms with Gasteiger partial charge in [0.1, 0.15) is 5.78 Å². The number of nitrogens with one attached hydrogen (secondary N) is 1.